The van der Waals surface area contributed by atoms with Crippen LogP contribution < -0.4 is 5.46 Å². The summed E-state index contributed by atoms with van der Waals surface area (Å²) in [6.45, 7) is 2.92. The second-order valence-electron chi connectivity index (χ2n) is 3.20. The van der Waals surface area contributed by atoms with Crippen molar-refractivity contribution in [2.24, 2.45) is 0 Å². The molecular weight excluding hydrogens is 179 g/mol. The molecule has 0 atom stereocenters. The summed E-state index contributed by atoms with van der Waals surface area (Å²) in [5, 5.41) is 9.25. The number of hydrogen-bond donors (Lipinski definition) is 1. The fourth-order valence-electron chi connectivity index (χ4n) is 1.08. The fraction of sp³-hybridized carbons (Fsp3) is 0.300. The first-order chi connectivity index (χ1) is 6.59. The van der Waals surface area contributed by atoms with Gasteiger partial charge in [-0.3, -0.25) is 4.79 Å². The van der Waals surface area contributed by atoms with Gasteiger partial charge in [0.1, 0.15) is 6.61 Å². The molecule has 1 N–H and O–H groups in total. The minimum atomic E-state index is -0.460. The van der Waals surface area contributed by atoms with Gasteiger partial charge in [-0.05, 0) is 11.0 Å². The lowest BCUT2D eigenvalue weighted by molar-refractivity contribution is -0.142. The standard InChI is InChI=1S/C10H13BO3/c1-8(12)14-7-9-3-5-10(6-4-9)11(2)13/h3-6,13H,7H2,1-2H3. The predicted octanol–water partition coefficient (Wildman–Crippen LogP) is 0.570. The van der Waals surface area contributed by atoms with Crippen LogP contribution in [0.25, 0.3) is 0 Å². The molecule has 0 aliphatic heterocycles. The number of carbonyl (C=O) groups is 1. The predicted molar refractivity (Wildman–Crippen MR) is 55.4 cm³/mol. The average Bonchev–Trinajstić information content (AvgIpc) is 2.15. The Kier molecular flexibility index (Phi) is 3.71. The Hall–Kier alpha value is -1.29. The summed E-state index contributed by atoms with van der Waals surface area (Å²) < 4.78 is 4.83. The molecule has 0 fully saturated rings. The van der Waals surface area contributed by atoms with Crippen LogP contribution in [0.1, 0.15) is 12.5 Å². The largest absolute Gasteiger partial charge is 0.461 e. The average molecular weight is 192 g/mol. The number of hydrogen-bond acceptors (Lipinski definition) is 3. The van der Waals surface area contributed by atoms with Gasteiger partial charge >= 0.3 is 12.9 Å². The molecule has 3 nitrogen and oxygen atoms in total. The van der Waals surface area contributed by atoms with E-state index in [0.717, 1.165) is 11.0 Å². The Morgan fingerprint density at radius 2 is 2.00 bits per heavy atom. The molecule has 0 heterocycles. The first kappa shape index (κ1) is 10.8. The summed E-state index contributed by atoms with van der Waals surface area (Å²) in [6, 6.07) is 7.32. The molecule has 0 aliphatic carbocycles. The summed E-state index contributed by atoms with van der Waals surface area (Å²) in [7, 11) is 0. The Bertz CT molecular complexity index is 306. The highest BCUT2D eigenvalue weighted by atomic mass is 16.5. The first-order valence-corrected chi connectivity index (χ1v) is 4.50. The Labute approximate surface area is 83.8 Å². The minimum Gasteiger partial charge on any atom is -0.461 e. The SMILES string of the molecule is CB(O)c1ccc(COC(C)=O)cc1. The summed E-state index contributed by atoms with van der Waals surface area (Å²) in [4.78, 5) is 10.5. The lowest BCUT2D eigenvalue weighted by Crippen LogP contribution is -2.25. The molecule has 0 bridgehead atoms. The minimum absolute atomic E-state index is 0.287. The van der Waals surface area contributed by atoms with E-state index in [2.05, 4.69) is 0 Å². The van der Waals surface area contributed by atoms with Crippen LogP contribution in [0.3, 0.4) is 0 Å². The van der Waals surface area contributed by atoms with Crippen molar-refractivity contribution in [3.05, 3.63) is 29.8 Å². The summed E-state index contributed by atoms with van der Waals surface area (Å²) >= 11 is 0. The molecule has 0 amide bonds. The number of ether oxygens (including phenoxy) is 1. The van der Waals surface area contributed by atoms with Crippen LogP contribution in [-0.2, 0) is 16.1 Å². The van der Waals surface area contributed by atoms with Crippen LogP contribution in [0, 0.1) is 0 Å². The number of rotatable bonds is 3. The topological polar surface area (TPSA) is 46.5 Å². The second kappa shape index (κ2) is 4.81. The Morgan fingerprint density at radius 3 is 2.43 bits per heavy atom. The van der Waals surface area contributed by atoms with E-state index in [9.17, 15) is 9.82 Å². The summed E-state index contributed by atoms with van der Waals surface area (Å²) in [6.07, 6.45) is 0. The Balaban J connectivity index is 2.59. The van der Waals surface area contributed by atoms with Gasteiger partial charge in [0.2, 0.25) is 0 Å². The van der Waals surface area contributed by atoms with Gasteiger partial charge in [0.05, 0.1) is 0 Å². The third-order valence-corrected chi connectivity index (χ3v) is 1.90. The molecule has 1 aromatic rings. The van der Waals surface area contributed by atoms with Crippen LogP contribution in [0.2, 0.25) is 6.82 Å². The van der Waals surface area contributed by atoms with Gasteiger partial charge in [0.15, 0.2) is 0 Å². The van der Waals surface area contributed by atoms with Crippen molar-refractivity contribution in [3.8, 4) is 0 Å². The number of esters is 1. The molecule has 0 saturated heterocycles. The van der Waals surface area contributed by atoms with E-state index in [1.807, 2.05) is 24.3 Å². The van der Waals surface area contributed by atoms with E-state index >= 15 is 0 Å². The molecule has 0 radical (unpaired) electrons. The van der Waals surface area contributed by atoms with Crippen LogP contribution in [0.5, 0.6) is 0 Å². The van der Waals surface area contributed by atoms with Crippen molar-refractivity contribution in [2.75, 3.05) is 0 Å². The van der Waals surface area contributed by atoms with Gasteiger partial charge in [-0.15, -0.1) is 0 Å². The van der Waals surface area contributed by atoms with E-state index in [-0.39, 0.29) is 12.6 Å². The molecule has 0 unspecified atom stereocenters. The van der Waals surface area contributed by atoms with Crippen molar-refractivity contribution < 1.29 is 14.6 Å². The molecule has 4 heteroatoms. The maximum atomic E-state index is 10.5. The molecule has 1 rings (SSSR count). The van der Waals surface area contributed by atoms with Crippen LogP contribution >= 0.6 is 0 Å². The van der Waals surface area contributed by atoms with Crippen molar-refractivity contribution in [1.29, 1.82) is 0 Å². The highest BCUT2D eigenvalue weighted by Gasteiger charge is 2.05. The van der Waals surface area contributed by atoms with Gasteiger partial charge in [0, 0.05) is 6.92 Å². The van der Waals surface area contributed by atoms with E-state index < -0.39 is 6.92 Å². The van der Waals surface area contributed by atoms with Gasteiger partial charge < -0.3 is 9.76 Å². The van der Waals surface area contributed by atoms with Crippen molar-refractivity contribution in [3.63, 3.8) is 0 Å². The van der Waals surface area contributed by atoms with Gasteiger partial charge in [0.25, 0.3) is 0 Å². The smallest absolute Gasteiger partial charge is 0.320 e. The third-order valence-electron chi connectivity index (χ3n) is 1.90. The first-order valence-electron chi connectivity index (χ1n) is 4.50. The summed E-state index contributed by atoms with van der Waals surface area (Å²) in [5.74, 6) is -0.287. The highest BCUT2D eigenvalue weighted by molar-refractivity contribution is 6.64. The zero-order valence-corrected chi connectivity index (χ0v) is 8.36. The normalized spacial score (nSPS) is 9.64. The molecule has 0 saturated carbocycles. The monoisotopic (exact) mass is 192 g/mol. The van der Waals surface area contributed by atoms with Gasteiger partial charge in [-0.2, -0.15) is 0 Å². The number of carbonyl (C=O) groups excluding carboxylic acids is 1. The zero-order valence-electron chi connectivity index (χ0n) is 8.36. The van der Waals surface area contributed by atoms with E-state index in [0.29, 0.717) is 0 Å². The van der Waals surface area contributed by atoms with Crippen LogP contribution in [0.15, 0.2) is 24.3 Å². The zero-order chi connectivity index (χ0) is 10.6. The lowest BCUT2D eigenvalue weighted by Gasteiger charge is -2.04. The van der Waals surface area contributed by atoms with E-state index in [4.69, 9.17) is 4.74 Å². The maximum absolute atomic E-state index is 10.5. The molecule has 14 heavy (non-hydrogen) atoms. The second-order valence-corrected chi connectivity index (χ2v) is 3.20. The van der Waals surface area contributed by atoms with E-state index in [1.165, 1.54) is 6.92 Å². The molecule has 0 spiro atoms. The molecule has 74 valence electrons. The quantitative estimate of drug-likeness (QED) is 0.562. The fourth-order valence-corrected chi connectivity index (χ4v) is 1.08. The van der Waals surface area contributed by atoms with Crippen molar-refractivity contribution in [1.82, 2.24) is 0 Å². The molecule has 0 aromatic heterocycles. The summed E-state index contributed by atoms with van der Waals surface area (Å²) in [5.41, 5.74) is 1.78. The van der Waals surface area contributed by atoms with Gasteiger partial charge in [-0.25, -0.2) is 0 Å². The number of benzene rings is 1. The third kappa shape index (κ3) is 3.22. The van der Waals surface area contributed by atoms with Gasteiger partial charge in [-0.1, -0.05) is 31.1 Å². The van der Waals surface area contributed by atoms with Crippen LogP contribution in [0.4, 0.5) is 0 Å². The van der Waals surface area contributed by atoms with Crippen molar-refractivity contribution in [2.45, 2.75) is 20.4 Å². The molecular formula is C10H13BO3. The van der Waals surface area contributed by atoms with Crippen LogP contribution in [-0.4, -0.2) is 17.9 Å². The lowest BCUT2D eigenvalue weighted by atomic mass is 9.64. The van der Waals surface area contributed by atoms with Crippen molar-refractivity contribution >= 4 is 18.3 Å². The molecule has 1 aromatic carbocycles. The Morgan fingerprint density at radius 1 is 1.43 bits per heavy atom. The van der Waals surface area contributed by atoms with E-state index in [1.54, 1.807) is 6.82 Å². The molecule has 0 aliphatic rings. The highest BCUT2D eigenvalue weighted by Crippen LogP contribution is 2.00. The maximum Gasteiger partial charge on any atom is 0.320 e.